The summed E-state index contributed by atoms with van der Waals surface area (Å²) in [5.41, 5.74) is 3.78. The number of hydrogen-bond donors (Lipinski definition) is 0. The zero-order valence-corrected chi connectivity index (χ0v) is 12.3. The first-order chi connectivity index (χ1) is 8.26. The summed E-state index contributed by atoms with van der Waals surface area (Å²) in [4.78, 5) is 0. The summed E-state index contributed by atoms with van der Waals surface area (Å²) in [5, 5.41) is 0. The van der Waals surface area contributed by atoms with Crippen molar-refractivity contribution in [2.24, 2.45) is 0 Å². The molecular formula is C16H24Si. The smallest absolute Gasteiger partial charge is 0.0770 e. The van der Waals surface area contributed by atoms with Gasteiger partial charge in [0.2, 0.25) is 0 Å². The normalized spacial score (nSPS) is 12.6. The quantitative estimate of drug-likeness (QED) is 0.470. The molecule has 0 aliphatic heterocycles. The van der Waals surface area contributed by atoms with E-state index in [0.717, 1.165) is 0 Å². The van der Waals surface area contributed by atoms with Gasteiger partial charge in [-0.3, -0.25) is 0 Å². The van der Waals surface area contributed by atoms with E-state index in [1.165, 1.54) is 23.7 Å². The van der Waals surface area contributed by atoms with Gasteiger partial charge in [0, 0.05) is 0 Å². The van der Waals surface area contributed by atoms with E-state index in [1.807, 2.05) is 0 Å². The van der Waals surface area contributed by atoms with Crippen molar-refractivity contribution in [3.8, 4) is 0 Å². The second-order valence-corrected chi connectivity index (χ2v) is 9.73. The topological polar surface area (TPSA) is 0 Å². The van der Waals surface area contributed by atoms with Crippen molar-refractivity contribution < 1.29 is 0 Å². The summed E-state index contributed by atoms with van der Waals surface area (Å²) in [6.45, 7) is 7.01. The van der Waals surface area contributed by atoms with Crippen molar-refractivity contribution in [3.63, 3.8) is 0 Å². The highest BCUT2D eigenvalue weighted by atomic mass is 28.3. The molecule has 0 atom stereocenters. The Morgan fingerprint density at radius 1 is 0.882 bits per heavy atom. The molecule has 0 fully saturated rings. The maximum Gasteiger partial charge on any atom is 0.0770 e. The Bertz CT molecular complexity index is 350. The van der Waals surface area contributed by atoms with Crippen LogP contribution in [-0.4, -0.2) is 8.07 Å². The van der Waals surface area contributed by atoms with E-state index in [0.29, 0.717) is 0 Å². The van der Waals surface area contributed by atoms with Crippen LogP contribution in [0.5, 0.6) is 0 Å². The summed E-state index contributed by atoms with van der Waals surface area (Å²) in [7, 11) is -1.09. The maximum absolute atomic E-state index is 2.51. The SMILES string of the molecule is CC[Si](/C=C/C=C/c1ccccc1)(CC)CC. The summed E-state index contributed by atoms with van der Waals surface area (Å²) < 4.78 is 0. The summed E-state index contributed by atoms with van der Waals surface area (Å²) in [6.07, 6.45) is 6.62. The molecule has 0 N–H and O–H groups in total. The molecule has 0 radical (unpaired) electrons. The van der Waals surface area contributed by atoms with Crippen LogP contribution in [-0.2, 0) is 0 Å². The van der Waals surface area contributed by atoms with Gasteiger partial charge in [0.05, 0.1) is 8.07 Å². The molecule has 0 unspecified atom stereocenters. The molecule has 0 nitrogen and oxygen atoms in total. The van der Waals surface area contributed by atoms with E-state index in [-0.39, 0.29) is 0 Å². The lowest BCUT2D eigenvalue weighted by Gasteiger charge is -2.23. The van der Waals surface area contributed by atoms with Crippen molar-refractivity contribution in [3.05, 3.63) is 53.7 Å². The molecule has 0 heterocycles. The Kier molecular flexibility index (Phi) is 5.99. The lowest BCUT2D eigenvalue weighted by molar-refractivity contribution is 1.19. The van der Waals surface area contributed by atoms with Gasteiger partial charge in [-0.05, 0) is 5.56 Å². The summed E-state index contributed by atoms with van der Waals surface area (Å²) in [5.74, 6) is 0. The molecule has 1 aromatic carbocycles. The highest BCUT2D eigenvalue weighted by Crippen LogP contribution is 2.21. The van der Waals surface area contributed by atoms with Gasteiger partial charge < -0.3 is 0 Å². The third-order valence-electron chi connectivity index (χ3n) is 3.76. The Morgan fingerprint density at radius 3 is 2.00 bits per heavy atom. The second kappa shape index (κ2) is 7.28. The summed E-state index contributed by atoms with van der Waals surface area (Å²) in [6, 6.07) is 14.5. The molecule has 0 spiro atoms. The van der Waals surface area contributed by atoms with Crippen LogP contribution in [0.1, 0.15) is 26.3 Å². The molecule has 0 saturated heterocycles. The fourth-order valence-electron chi connectivity index (χ4n) is 2.09. The summed E-state index contributed by atoms with van der Waals surface area (Å²) >= 11 is 0. The molecule has 1 rings (SSSR count). The van der Waals surface area contributed by atoms with Gasteiger partial charge in [0.15, 0.2) is 0 Å². The minimum absolute atomic E-state index is 1.09. The van der Waals surface area contributed by atoms with Gasteiger partial charge in [0.1, 0.15) is 0 Å². The van der Waals surface area contributed by atoms with Gasteiger partial charge in [-0.2, -0.15) is 0 Å². The van der Waals surface area contributed by atoms with Gasteiger partial charge in [0.25, 0.3) is 0 Å². The van der Waals surface area contributed by atoms with Crippen LogP contribution in [0.15, 0.2) is 48.2 Å². The molecule has 0 aromatic heterocycles. The van der Waals surface area contributed by atoms with Gasteiger partial charge >= 0.3 is 0 Å². The van der Waals surface area contributed by atoms with Gasteiger partial charge in [-0.25, -0.2) is 0 Å². The molecule has 1 heteroatoms. The highest BCUT2D eigenvalue weighted by Gasteiger charge is 2.22. The van der Waals surface area contributed by atoms with E-state index in [2.05, 4.69) is 75.0 Å². The molecule has 0 bridgehead atoms. The van der Waals surface area contributed by atoms with Crippen molar-refractivity contribution in [2.75, 3.05) is 0 Å². The Hall–Kier alpha value is -1.08. The number of rotatable bonds is 6. The van der Waals surface area contributed by atoms with Crippen molar-refractivity contribution >= 4 is 14.1 Å². The minimum Gasteiger partial charge on any atom is -0.0942 e. The van der Waals surface area contributed by atoms with Crippen LogP contribution >= 0.6 is 0 Å². The zero-order valence-electron chi connectivity index (χ0n) is 11.3. The van der Waals surface area contributed by atoms with Crippen molar-refractivity contribution in [1.29, 1.82) is 0 Å². The number of hydrogen-bond acceptors (Lipinski definition) is 0. The molecule has 0 saturated carbocycles. The monoisotopic (exact) mass is 244 g/mol. The average molecular weight is 244 g/mol. The van der Waals surface area contributed by atoms with Gasteiger partial charge in [-0.15, -0.1) is 0 Å². The fourth-order valence-corrected chi connectivity index (χ4v) is 4.82. The van der Waals surface area contributed by atoms with Crippen LogP contribution in [0, 0.1) is 0 Å². The molecular weight excluding hydrogens is 220 g/mol. The number of allylic oxidation sites excluding steroid dienone is 2. The Morgan fingerprint density at radius 2 is 1.47 bits per heavy atom. The van der Waals surface area contributed by atoms with E-state index < -0.39 is 8.07 Å². The van der Waals surface area contributed by atoms with Crippen LogP contribution < -0.4 is 0 Å². The fraction of sp³-hybridized carbons (Fsp3) is 0.375. The lowest BCUT2D eigenvalue weighted by Crippen LogP contribution is -2.28. The van der Waals surface area contributed by atoms with E-state index in [1.54, 1.807) is 0 Å². The largest absolute Gasteiger partial charge is 0.0942 e. The number of benzene rings is 1. The van der Waals surface area contributed by atoms with Crippen molar-refractivity contribution in [2.45, 2.75) is 38.9 Å². The standard InChI is InChI=1S/C16H24Si/c1-4-17(5-2,6-3)15-11-10-14-16-12-8-7-9-13-16/h7-15H,4-6H2,1-3H3/b14-10+,15-11+. The average Bonchev–Trinajstić information content (AvgIpc) is 2.41. The van der Waals surface area contributed by atoms with Gasteiger partial charge in [-0.1, -0.05) is 93.2 Å². The van der Waals surface area contributed by atoms with Crippen molar-refractivity contribution in [1.82, 2.24) is 0 Å². The van der Waals surface area contributed by atoms with E-state index in [9.17, 15) is 0 Å². The van der Waals surface area contributed by atoms with Crippen LogP contribution in [0.2, 0.25) is 18.1 Å². The highest BCUT2D eigenvalue weighted by molar-refractivity contribution is 6.84. The van der Waals surface area contributed by atoms with Crippen LogP contribution in [0.3, 0.4) is 0 Å². The molecule has 92 valence electrons. The molecule has 17 heavy (non-hydrogen) atoms. The first kappa shape index (κ1) is 14.0. The second-order valence-electron chi connectivity index (χ2n) is 4.55. The predicted molar refractivity (Wildman–Crippen MR) is 81.8 cm³/mol. The first-order valence-corrected chi connectivity index (χ1v) is 9.37. The van der Waals surface area contributed by atoms with E-state index >= 15 is 0 Å². The third-order valence-corrected chi connectivity index (χ3v) is 8.89. The maximum atomic E-state index is 2.51. The Balaban J connectivity index is 2.63. The molecule has 1 aromatic rings. The van der Waals surface area contributed by atoms with Crippen LogP contribution in [0.25, 0.3) is 6.08 Å². The lowest BCUT2D eigenvalue weighted by atomic mass is 10.2. The molecule has 0 aliphatic carbocycles. The Labute approximate surface area is 107 Å². The predicted octanol–water partition coefficient (Wildman–Crippen LogP) is 5.30. The van der Waals surface area contributed by atoms with E-state index in [4.69, 9.17) is 0 Å². The first-order valence-electron chi connectivity index (χ1n) is 6.67. The molecule has 0 aliphatic rings. The van der Waals surface area contributed by atoms with Crippen LogP contribution in [0.4, 0.5) is 0 Å². The zero-order chi connectivity index (χ0) is 12.6. The minimum atomic E-state index is -1.09. The third kappa shape index (κ3) is 4.35. The molecule has 0 amide bonds.